The summed E-state index contributed by atoms with van der Waals surface area (Å²) in [6.45, 7) is 2.41. The largest absolute Gasteiger partial charge is 0.504 e. The molecule has 0 radical (unpaired) electrons. The predicted octanol–water partition coefficient (Wildman–Crippen LogP) is 7.27. The zero-order valence-corrected chi connectivity index (χ0v) is 32.5. The number of phenolic OH excluding ortho intramolecular Hbond substituents is 1. The molecule has 10 nitrogen and oxygen atoms in total. The molecule has 1 saturated heterocycles. The fourth-order valence-corrected chi connectivity index (χ4v) is 11.5. The molecule has 3 heterocycles. The van der Waals surface area contributed by atoms with Crippen LogP contribution in [0.25, 0.3) is 0 Å². The van der Waals surface area contributed by atoms with E-state index in [1.54, 1.807) is 0 Å². The van der Waals surface area contributed by atoms with Crippen LogP contribution in [0.4, 0.5) is 0 Å². The lowest BCUT2D eigenvalue weighted by atomic mass is 9.67. The Kier molecular flexibility index (Phi) is 11.2. The van der Waals surface area contributed by atoms with Crippen LogP contribution in [0.2, 0.25) is 0 Å². The molecule has 11 atom stereocenters. The number of benzene rings is 2. The van der Waals surface area contributed by atoms with Crippen LogP contribution < -0.4 is 9.47 Å². The Morgan fingerprint density at radius 1 is 0.891 bits per heavy atom. The summed E-state index contributed by atoms with van der Waals surface area (Å²) in [5, 5.41) is 67.4. The first-order chi connectivity index (χ1) is 26.6. The van der Waals surface area contributed by atoms with Crippen molar-refractivity contribution in [1.29, 1.82) is 0 Å². The summed E-state index contributed by atoms with van der Waals surface area (Å²) < 4.78 is 19.2. The predicted molar refractivity (Wildman–Crippen MR) is 207 cm³/mol. The van der Waals surface area contributed by atoms with Gasteiger partial charge in [-0.1, -0.05) is 25.5 Å². The lowest BCUT2D eigenvalue weighted by Crippen LogP contribution is -2.44. The molecule has 0 spiro atoms. The van der Waals surface area contributed by atoms with Gasteiger partial charge in [-0.3, -0.25) is 0 Å². The number of methoxy groups -OCH3 is 1. The molecule has 10 heteroatoms. The second-order valence-corrected chi connectivity index (χ2v) is 17.9. The maximum atomic E-state index is 11.7. The van der Waals surface area contributed by atoms with Crippen molar-refractivity contribution in [2.75, 3.05) is 13.7 Å². The van der Waals surface area contributed by atoms with E-state index in [0.717, 1.165) is 69.1 Å². The minimum absolute atomic E-state index is 0.0498. The normalized spacial score (nSPS) is 35.2. The van der Waals surface area contributed by atoms with Crippen molar-refractivity contribution in [2.45, 2.75) is 145 Å². The first-order valence-electron chi connectivity index (χ1n) is 20.9. The smallest absolute Gasteiger partial charge is 0.201 e. The Hall–Kier alpha value is -3.28. The third-order valence-corrected chi connectivity index (χ3v) is 14.4. The quantitative estimate of drug-likeness (QED) is 0.128. The van der Waals surface area contributed by atoms with E-state index in [-0.39, 0.29) is 41.1 Å². The molecule has 2 aromatic carbocycles. The van der Waals surface area contributed by atoms with Crippen LogP contribution in [0, 0.1) is 23.7 Å². The van der Waals surface area contributed by atoms with Gasteiger partial charge in [0.15, 0.2) is 11.5 Å². The van der Waals surface area contributed by atoms with E-state index in [9.17, 15) is 30.6 Å². The van der Waals surface area contributed by atoms with Gasteiger partial charge in [-0.25, -0.2) is 0 Å². The molecular formula is C45H61NO9. The summed E-state index contributed by atoms with van der Waals surface area (Å²) in [5.41, 5.74) is 4.01. The van der Waals surface area contributed by atoms with E-state index >= 15 is 0 Å². The maximum absolute atomic E-state index is 11.7. The van der Waals surface area contributed by atoms with Gasteiger partial charge in [-0.15, -0.1) is 0 Å². The first kappa shape index (κ1) is 38.6. The number of aliphatic hydroxyl groups excluding tert-OH is 3. The Labute approximate surface area is 324 Å². The van der Waals surface area contributed by atoms with Crippen LogP contribution in [-0.2, 0) is 17.8 Å². The van der Waals surface area contributed by atoms with Crippen LogP contribution in [0.1, 0.15) is 142 Å². The van der Waals surface area contributed by atoms with E-state index in [1.807, 2.05) is 18.5 Å². The monoisotopic (exact) mass is 759 g/mol. The van der Waals surface area contributed by atoms with Crippen molar-refractivity contribution in [1.82, 2.24) is 4.98 Å². The molecule has 3 saturated carbocycles. The average Bonchev–Trinajstić information content (AvgIpc) is 3.84. The molecular weight excluding hydrogens is 698 g/mol. The van der Waals surface area contributed by atoms with E-state index in [2.05, 4.69) is 30.1 Å². The molecule has 1 aromatic heterocycles. The van der Waals surface area contributed by atoms with Crippen molar-refractivity contribution in [3.05, 3.63) is 70.0 Å². The fourth-order valence-electron chi connectivity index (χ4n) is 11.5. The second-order valence-electron chi connectivity index (χ2n) is 17.9. The summed E-state index contributed by atoms with van der Waals surface area (Å²) >= 11 is 0. The Morgan fingerprint density at radius 2 is 1.71 bits per heavy atom. The number of H-pyrrole nitrogens is 1. The van der Waals surface area contributed by atoms with Gasteiger partial charge >= 0.3 is 0 Å². The highest BCUT2D eigenvalue weighted by atomic mass is 16.5. The van der Waals surface area contributed by atoms with Crippen LogP contribution >= 0.6 is 0 Å². The highest BCUT2D eigenvalue weighted by molar-refractivity contribution is 5.64. The van der Waals surface area contributed by atoms with Gasteiger partial charge in [-0.2, -0.15) is 0 Å². The molecule has 7 N–H and O–H groups in total. The zero-order chi connectivity index (χ0) is 38.4. The minimum atomic E-state index is -0.678. The molecule has 2 bridgehead atoms. The summed E-state index contributed by atoms with van der Waals surface area (Å²) in [4.78, 5) is 3.07. The van der Waals surface area contributed by atoms with Crippen molar-refractivity contribution >= 4 is 0 Å². The number of hydrogen-bond acceptors (Lipinski definition) is 9. The number of rotatable bonds is 6. The number of phenols is 2. The van der Waals surface area contributed by atoms with Crippen LogP contribution in [-0.4, -0.2) is 73.3 Å². The van der Waals surface area contributed by atoms with Gasteiger partial charge in [0.2, 0.25) is 5.75 Å². The number of aromatic hydroxyl groups is 2. The summed E-state index contributed by atoms with van der Waals surface area (Å²) in [6.07, 6.45) is 12.5. The molecule has 0 amide bonds. The van der Waals surface area contributed by atoms with Crippen molar-refractivity contribution in [3.8, 4) is 23.0 Å². The average molecular weight is 760 g/mol. The molecule has 55 heavy (non-hydrogen) atoms. The molecule has 11 unspecified atom stereocenters. The molecule has 3 aromatic rings. The number of aliphatic hydroxyl groups is 4. The van der Waals surface area contributed by atoms with Crippen LogP contribution in [0.3, 0.4) is 0 Å². The van der Waals surface area contributed by atoms with E-state index in [4.69, 9.17) is 14.2 Å². The maximum Gasteiger partial charge on any atom is 0.201 e. The van der Waals surface area contributed by atoms with Crippen molar-refractivity contribution in [3.63, 3.8) is 0 Å². The Morgan fingerprint density at radius 3 is 2.49 bits per heavy atom. The SMILES string of the molecule is COc1c(O)c(O)c(CO)c(C2CC(O)C3CCC(c4ccc5c(c4)C4CC(C)CCC4C(O)CCC4(O)CCC(CCO5)C4)CC3O2)c1Cc1cc[nH]c1. The standard InChI is InChI=1S/C45H61NO9/c1-25-3-6-30-32(17-25)33-19-28(5-8-38(33)54-16-12-26-9-13-45(52,22-26)14-10-36(30)48)29-4-7-31-37(49)21-40(55-39(31)20-29)41-34(18-27-11-15-46-23-27)44(53-2)43(51)42(50)35(41)24-47/h5,8,11,15,19,23,25-26,29-32,36-37,39-40,46-52H,3-4,6-7,9-10,12-14,16-18,20-22,24H2,1-2H3. The molecule has 5 aliphatic rings. The fraction of sp³-hybridized carbons (Fsp3) is 0.644. The van der Waals surface area contributed by atoms with E-state index in [0.29, 0.717) is 61.7 Å². The van der Waals surface area contributed by atoms with Gasteiger partial charge in [0.25, 0.3) is 0 Å². The van der Waals surface area contributed by atoms with Crippen LogP contribution in [0.15, 0.2) is 36.7 Å². The van der Waals surface area contributed by atoms with Gasteiger partial charge in [0, 0.05) is 42.3 Å². The first-order valence-corrected chi connectivity index (χ1v) is 20.9. The molecule has 300 valence electrons. The van der Waals surface area contributed by atoms with Crippen molar-refractivity contribution in [2.24, 2.45) is 23.7 Å². The number of aromatic amines is 1. The summed E-state index contributed by atoms with van der Waals surface area (Å²) in [7, 11) is 1.45. The highest BCUT2D eigenvalue weighted by Gasteiger charge is 2.45. The number of ether oxygens (including phenoxy) is 3. The van der Waals surface area contributed by atoms with E-state index < -0.39 is 42.0 Å². The molecule has 8 rings (SSSR count). The number of aromatic nitrogens is 1. The van der Waals surface area contributed by atoms with Gasteiger partial charge in [0.1, 0.15) is 5.75 Å². The van der Waals surface area contributed by atoms with Gasteiger partial charge in [-0.05, 0) is 135 Å². The topological polar surface area (TPSA) is 165 Å². The van der Waals surface area contributed by atoms with Crippen molar-refractivity contribution < 1.29 is 44.8 Å². The number of hydrogen-bond donors (Lipinski definition) is 7. The lowest BCUT2D eigenvalue weighted by molar-refractivity contribution is -0.154. The van der Waals surface area contributed by atoms with Gasteiger partial charge in [0.05, 0.1) is 50.3 Å². The third-order valence-electron chi connectivity index (χ3n) is 14.4. The van der Waals surface area contributed by atoms with Gasteiger partial charge < -0.3 is 49.8 Å². The molecule has 4 fully saturated rings. The van der Waals surface area contributed by atoms with Crippen LogP contribution in [0.5, 0.6) is 23.0 Å². The second kappa shape index (κ2) is 15.9. The Bertz CT molecular complexity index is 1800. The summed E-state index contributed by atoms with van der Waals surface area (Å²) in [6, 6.07) is 8.62. The number of nitrogens with one attached hydrogen (secondary N) is 1. The third kappa shape index (κ3) is 7.62. The highest BCUT2D eigenvalue weighted by Crippen LogP contribution is 2.53. The minimum Gasteiger partial charge on any atom is -0.504 e. The molecule has 2 aliphatic heterocycles. The van der Waals surface area contributed by atoms with E-state index in [1.165, 1.54) is 18.2 Å². The Balaban J connectivity index is 1.10. The summed E-state index contributed by atoms with van der Waals surface area (Å²) in [5.74, 6) is 1.54. The number of fused-ring (bicyclic) bond motifs is 6. The zero-order valence-electron chi connectivity index (χ0n) is 32.5. The lowest BCUT2D eigenvalue weighted by Gasteiger charge is -2.46. The molecule has 3 aliphatic carbocycles.